The van der Waals surface area contributed by atoms with Gasteiger partial charge in [-0.15, -0.1) is 0 Å². The molecule has 38 heavy (non-hydrogen) atoms. The number of pyridine rings is 1. The summed E-state index contributed by atoms with van der Waals surface area (Å²) in [6.45, 7) is 2.20. The van der Waals surface area contributed by atoms with Gasteiger partial charge in [0.25, 0.3) is 0 Å². The van der Waals surface area contributed by atoms with Gasteiger partial charge in [-0.1, -0.05) is 28.9 Å². The van der Waals surface area contributed by atoms with Gasteiger partial charge in [-0.2, -0.15) is 0 Å². The summed E-state index contributed by atoms with van der Waals surface area (Å²) >= 11 is 6.54. The molecule has 0 amide bonds. The third kappa shape index (κ3) is 3.82. The lowest BCUT2D eigenvalue weighted by molar-refractivity contribution is 0.0691. The van der Waals surface area contributed by atoms with Crippen LogP contribution in [0.15, 0.2) is 47.0 Å². The van der Waals surface area contributed by atoms with Crippen LogP contribution in [0.25, 0.3) is 11.3 Å². The number of carbonyl (C=O) groups is 1. The van der Waals surface area contributed by atoms with Gasteiger partial charge < -0.3 is 19.1 Å². The van der Waals surface area contributed by atoms with Gasteiger partial charge in [0.2, 0.25) is 5.88 Å². The molecule has 0 saturated heterocycles. The molecule has 3 aliphatic rings. The number of halogens is 2. The molecular weight excluding hydrogens is 511 g/mol. The molecule has 9 heteroatoms. The quantitative estimate of drug-likeness (QED) is 0.277. The molecule has 2 aromatic heterocycles. The van der Waals surface area contributed by atoms with Gasteiger partial charge in [0.15, 0.2) is 0 Å². The van der Waals surface area contributed by atoms with E-state index in [1.165, 1.54) is 12.1 Å². The lowest BCUT2D eigenvalue weighted by Gasteiger charge is -2.13. The second kappa shape index (κ2) is 8.56. The minimum Gasteiger partial charge on any atom is -0.478 e. The number of fused-ring (bicyclic) bond motifs is 5. The van der Waals surface area contributed by atoms with Crippen molar-refractivity contribution < 1.29 is 28.3 Å². The molecule has 4 aromatic rings. The van der Waals surface area contributed by atoms with E-state index < -0.39 is 17.3 Å². The number of carboxylic acid groups (broad SMARTS) is 1. The van der Waals surface area contributed by atoms with Gasteiger partial charge >= 0.3 is 5.97 Å². The highest BCUT2D eigenvalue weighted by Crippen LogP contribution is 2.61. The van der Waals surface area contributed by atoms with E-state index in [4.69, 9.17) is 30.6 Å². The van der Waals surface area contributed by atoms with Crippen LogP contribution in [0.2, 0.25) is 5.02 Å². The predicted molar refractivity (Wildman–Crippen MR) is 136 cm³/mol. The van der Waals surface area contributed by atoms with Crippen LogP contribution >= 0.6 is 11.6 Å². The highest BCUT2D eigenvalue weighted by atomic mass is 35.5. The van der Waals surface area contributed by atoms with Crippen molar-refractivity contribution >= 4 is 17.6 Å². The van der Waals surface area contributed by atoms with E-state index in [9.17, 15) is 14.3 Å². The van der Waals surface area contributed by atoms with Gasteiger partial charge in [-0.3, -0.25) is 0 Å². The minimum atomic E-state index is -1.33. The Morgan fingerprint density at radius 1 is 1.18 bits per heavy atom. The normalized spacial score (nSPS) is 19.0. The van der Waals surface area contributed by atoms with Crippen LogP contribution in [-0.4, -0.2) is 21.2 Å². The lowest BCUT2D eigenvalue weighted by Crippen LogP contribution is -2.03. The molecule has 2 atom stereocenters. The first kappa shape index (κ1) is 23.2. The summed E-state index contributed by atoms with van der Waals surface area (Å²) in [5.74, 6) is 0.401. The number of benzene rings is 2. The van der Waals surface area contributed by atoms with E-state index in [-0.39, 0.29) is 18.4 Å². The van der Waals surface area contributed by atoms with Crippen LogP contribution in [0, 0.1) is 12.7 Å². The zero-order valence-corrected chi connectivity index (χ0v) is 21.1. The average Bonchev–Trinajstić information content (AvgIpc) is 3.81. The van der Waals surface area contributed by atoms with E-state index in [1.54, 1.807) is 12.1 Å². The number of hydrogen-bond donors (Lipinski definition) is 1. The van der Waals surface area contributed by atoms with Crippen molar-refractivity contribution in [3.05, 3.63) is 87.0 Å². The van der Waals surface area contributed by atoms with Crippen LogP contribution in [0.5, 0.6) is 17.4 Å². The Kier molecular flexibility index (Phi) is 5.23. The van der Waals surface area contributed by atoms with Crippen molar-refractivity contribution in [3.63, 3.8) is 0 Å². The summed E-state index contributed by atoms with van der Waals surface area (Å²) in [6, 6.07) is 11.7. The molecule has 7 rings (SSSR count). The van der Waals surface area contributed by atoms with Gasteiger partial charge in [-0.05, 0) is 61.9 Å². The maximum Gasteiger partial charge on any atom is 0.338 e. The Labute approximate surface area is 222 Å². The van der Waals surface area contributed by atoms with Crippen LogP contribution in [0.3, 0.4) is 0 Å². The smallest absolute Gasteiger partial charge is 0.338 e. The summed E-state index contributed by atoms with van der Waals surface area (Å²) in [5.41, 5.74) is 4.34. The molecule has 2 saturated carbocycles. The summed E-state index contributed by atoms with van der Waals surface area (Å²) in [6.07, 6.45) is 2.87. The first-order valence-corrected chi connectivity index (χ1v) is 12.9. The Balaban J connectivity index is 1.19. The molecule has 7 nitrogen and oxygen atoms in total. The summed E-state index contributed by atoms with van der Waals surface area (Å²) in [5, 5.41) is 14.3. The Bertz CT molecular complexity index is 1610. The molecule has 3 heterocycles. The molecule has 2 aliphatic carbocycles. The van der Waals surface area contributed by atoms with E-state index >= 15 is 0 Å². The monoisotopic (exact) mass is 532 g/mol. The molecule has 192 valence electrons. The highest BCUT2D eigenvalue weighted by Gasteiger charge is 2.47. The fourth-order valence-corrected chi connectivity index (χ4v) is 5.66. The number of aromatic carboxylic acids is 1. The zero-order chi connectivity index (χ0) is 26.1. The fraction of sp³-hybridized carbons (Fsp3) is 0.276. The second-order valence-electron chi connectivity index (χ2n) is 10.1. The zero-order valence-electron chi connectivity index (χ0n) is 20.3. The van der Waals surface area contributed by atoms with Crippen molar-refractivity contribution in [2.75, 3.05) is 0 Å². The van der Waals surface area contributed by atoms with Gasteiger partial charge in [0.1, 0.15) is 35.4 Å². The van der Waals surface area contributed by atoms with Crippen molar-refractivity contribution in [2.24, 2.45) is 0 Å². The summed E-state index contributed by atoms with van der Waals surface area (Å²) < 4.78 is 32.4. The van der Waals surface area contributed by atoms with E-state index in [0.29, 0.717) is 39.6 Å². The molecular formula is C29H22ClFN2O5. The molecule has 1 aliphatic heterocycles. The molecule has 0 radical (unpaired) electrons. The number of ether oxygens (including phenoxy) is 2. The maximum atomic E-state index is 14.4. The van der Waals surface area contributed by atoms with Crippen LogP contribution < -0.4 is 9.47 Å². The van der Waals surface area contributed by atoms with Crippen molar-refractivity contribution in [1.29, 1.82) is 0 Å². The Morgan fingerprint density at radius 2 is 2.03 bits per heavy atom. The van der Waals surface area contributed by atoms with Gasteiger partial charge in [0.05, 0.1) is 21.8 Å². The first-order chi connectivity index (χ1) is 18.4. The van der Waals surface area contributed by atoms with Crippen LogP contribution in [0.4, 0.5) is 4.39 Å². The number of carboxylic acids is 1. The first-order valence-electron chi connectivity index (χ1n) is 12.5. The largest absolute Gasteiger partial charge is 0.478 e. The predicted octanol–water partition coefficient (Wildman–Crippen LogP) is 7.37. The van der Waals surface area contributed by atoms with Crippen LogP contribution in [-0.2, 0) is 6.61 Å². The minimum absolute atomic E-state index is 0.0145. The molecule has 1 N–H and O–H groups in total. The van der Waals surface area contributed by atoms with E-state index in [0.717, 1.165) is 47.4 Å². The third-order valence-electron chi connectivity index (χ3n) is 7.54. The van der Waals surface area contributed by atoms with Crippen molar-refractivity contribution in [2.45, 2.75) is 50.5 Å². The molecule has 0 bridgehead atoms. The molecule has 2 fully saturated rings. The number of aromatic nitrogens is 2. The molecule has 2 unspecified atom stereocenters. The van der Waals surface area contributed by atoms with Gasteiger partial charge in [-0.25, -0.2) is 14.2 Å². The number of nitrogens with zero attached hydrogens (tertiary/aromatic N) is 2. The van der Waals surface area contributed by atoms with Gasteiger partial charge in [0, 0.05) is 29.0 Å². The van der Waals surface area contributed by atoms with E-state index in [1.807, 2.05) is 25.1 Å². The third-order valence-corrected chi connectivity index (χ3v) is 7.86. The molecule has 2 aromatic carbocycles. The topological polar surface area (TPSA) is 94.7 Å². The summed E-state index contributed by atoms with van der Waals surface area (Å²) in [7, 11) is 0. The highest BCUT2D eigenvalue weighted by molar-refractivity contribution is 6.33. The Morgan fingerprint density at radius 3 is 2.79 bits per heavy atom. The average molecular weight is 533 g/mol. The lowest BCUT2D eigenvalue weighted by atomic mass is 10.0. The summed E-state index contributed by atoms with van der Waals surface area (Å²) in [4.78, 5) is 16.2. The van der Waals surface area contributed by atoms with Crippen molar-refractivity contribution in [1.82, 2.24) is 10.1 Å². The second-order valence-corrected chi connectivity index (χ2v) is 10.5. The standard InChI is InChI=1S/C29H22ClFN2O5/c1-13-3-2-4-20(30)25(13)27-19(28(38-33-27)14-5-6-14)12-36-24-8-7-22-26(32-24)17-9-15(17)16-10-21(31)18(29(34)35)11-23(16)37-22/h2-4,7-8,10-11,14-15,17H,5-6,9,12H2,1H3,(H,34,35). The number of aryl methyl sites for hydroxylation is 1. The van der Waals surface area contributed by atoms with Crippen molar-refractivity contribution in [3.8, 4) is 28.6 Å². The fourth-order valence-electron chi connectivity index (χ4n) is 5.35. The Hall–Kier alpha value is -3.91. The SMILES string of the molecule is Cc1cccc(Cl)c1-c1noc(C2CC2)c1COc1ccc2c(n1)C1CC1c1cc(F)c(C(=O)O)cc1O2. The van der Waals surface area contributed by atoms with E-state index in [2.05, 4.69) is 5.16 Å². The number of rotatable bonds is 6. The molecule has 0 spiro atoms. The number of hydrogen-bond acceptors (Lipinski definition) is 6. The van der Waals surface area contributed by atoms with Crippen LogP contribution in [0.1, 0.15) is 75.5 Å². The maximum absolute atomic E-state index is 14.4.